The second-order valence-electron chi connectivity index (χ2n) is 8.90. The Labute approximate surface area is 226 Å². The summed E-state index contributed by atoms with van der Waals surface area (Å²) in [5, 5.41) is 2.47. The van der Waals surface area contributed by atoms with Gasteiger partial charge in [-0.25, -0.2) is 19.3 Å². The number of rotatable bonds is 8. The number of nitrogens with zero attached hydrogens (tertiary/aromatic N) is 4. The van der Waals surface area contributed by atoms with Crippen LogP contribution in [0.1, 0.15) is 28.8 Å². The Morgan fingerprint density at radius 1 is 1.05 bits per heavy atom. The zero-order valence-electron chi connectivity index (χ0n) is 20.9. The molecule has 2 aromatic carbocycles. The summed E-state index contributed by atoms with van der Waals surface area (Å²) in [4.78, 5) is 26.9. The highest BCUT2D eigenvalue weighted by atomic mass is 19.4. The fourth-order valence-electron chi connectivity index (χ4n) is 4.18. The summed E-state index contributed by atoms with van der Waals surface area (Å²) in [6, 6.07) is 13.1. The van der Waals surface area contributed by atoms with Gasteiger partial charge in [0, 0.05) is 36.3 Å². The van der Waals surface area contributed by atoms with Crippen LogP contribution in [0.15, 0.2) is 79.4 Å². The number of hydrogen-bond donors (Lipinski definition) is 1. The zero-order chi connectivity index (χ0) is 28.1. The van der Waals surface area contributed by atoms with Gasteiger partial charge in [-0.3, -0.25) is 9.69 Å². The van der Waals surface area contributed by atoms with Crippen molar-refractivity contribution in [3.63, 3.8) is 0 Å². The molecule has 40 heavy (non-hydrogen) atoms. The molecule has 1 unspecified atom stereocenters. The predicted octanol–water partition coefficient (Wildman–Crippen LogP) is 6.31. The van der Waals surface area contributed by atoms with Crippen molar-refractivity contribution in [1.82, 2.24) is 15.0 Å². The third kappa shape index (κ3) is 6.34. The molecule has 1 atom stereocenters. The van der Waals surface area contributed by atoms with E-state index in [4.69, 9.17) is 9.47 Å². The topological polar surface area (TPSA) is 89.5 Å². The van der Waals surface area contributed by atoms with Crippen molar-refractivity contribution in [2.75, 3.05) is 23.4 Å². The summed E-state index contributed by atoms with van der Waals surface area (Å²) in [5.41, 5.74) is -1.18. The molecule has 1 saturated heterocycles. The second kappa shape index (κ2) is 11.7. The number of ether oxygens (including phenoxy) is 2. The van der Waals surface area contributed by atoms with Crippen molar-refractivity contribution in [2.24, 2.45) is 0 Å². The van der Waals surface area contributed by atoms with Gasteiger partial charge in [-0.1, -0.05) is 6.07 Å². The maximum Gasteiger partial charge on any atom is 0.416 e. The van der Waals surface area contributed by atoms with Gasteiger partial charge in [-0.05, 0) is 61.4 Å². The Morgan fingerprint density at radius 2 is 1.90 bits per heavy atom. The molecule has 206 valence electrons. The third-order valence-electron chi connectivity index (χ3n) is 6.07. The number of nitrogens with one attached hydrogen (secondary N) is 1. The molecule has 1 amide bonds. The molecule has 8 nitrogen and oxygen atoms in total. The molecule has 1 aliphatic heterocycles. The van der Waals surface area contributed by atoms with Gasteiger partial charge >= 0.3 is 6.18 Å². The van der Waals surface area contributed by atoms with Crippen LogP contribution in [-0.4, -0.2) is 40.2 Å². The van der Waals surface area contributed by atoms with Crippen LogP contribution in [0.3, 0.4) is 0 Å². The minimum atomic E-state index is -4.67. The fraction of sp³-hybridized carbons (Fsp3) is 0.214. The van der Waals surface area contributed by atoms with E-state index in [1.54, 1.807) is 24.3 Å². The quantitative estimate of drug-likeness (QED) is 0.256. The molecule has 0 radical (unpaired) electrons. The highest BCUT2D eigenvalue weighted by Crippen LogP contribution is 2.36. The van der Waals surface area contributed by atoms with Crippen LogP contribution in [0.2, 0.25) is 0 Å². The molecule has 5 rings (SSSR count). The zero-order valence-corrected chi connectivity index (χ0v) is 20.9. The molecule has 0 spiro atoms. The van der Waals surface area contributed by atoms with E-state index in [1.807, 2.05) is 0 Å². The average molecular weight is 554 g/mol. The van der Waals surface area contributed by atoms with Crippen molar-refractivity contribution >= 4 is 28.9 Å². The average Bonchev–Trinajstić information content (AvgIpc) is 3.48. The smallest absolute Gasteiger partial charge is 0.416 e. The number of alkyl halides is 3. The normalized spacial score (nSPS) is 15.1. The second-order valence-corrected chi connectivity index (χ2v) is 8.90. The Morgan fingerprint density at radius 3 is 2.60 bits per heavy atom. The van der Waals surface area contributed by atoms with E-state index in [-0.39, 0.29) is 41.2 Å². The van der Waals surface area contributed by atoms with E-state index in [0.29, 0.717) is 12.4 Å². The van der Waals surface area contributed by atoms with Crippen LogP contribution in [0, 0.1) is 5.82 Å². The molecule has 12 heteroatoms. The molecule has 1 aliphatic rings. The van der Waals surface area contributed by atoms with Gasteiger partial charge in [-0.15, -0.1) is 0 Å². The Bertz CT molecular complexity index is 1430. The summed E-state index contributed by atoms with van der Waals surface area (Å²) in [6.45, 7) is 0.662. The summed E-state index contributed by atoms with van der Waals surface area (Å²) < 4.78 is 67.0. The highest BCUT2D eigenvalue weighted by molar-refractivity contribution is 6.05. The van der Waals surface area contributed by atoms with Crippen LogP contribution in [-0.2, 0) is 10.9 Å². The molecular weight excluding hydrogens is 530 g/mol. The molecule has 0 saturated carbocycles. The lowest BCUT2D eigenvalue weighted by Gasteiger charge is -2.23. The van der Waals surface area contributed by atoms with E-state index in [0.717, 1.165) is 31.0 Å². The lowest BCUT2D eigenvalue weighted by molar-refractivity contribution is -0.137. The molecule has 0 aliphatic carbocycles. The molecule has 1 fully saturated rings. The number of carbonyl (C=O) groups excluding carboxylic acids is 1. The van der Waals surface area contributed by atoms with Crippen LogP contribution >= 0.6 is 0 Å². The van der Waals surface area contributed by atoms with Gasteiger partial charge in [0.25, 0.3) is 5.91 Å². The highest BCUT2D eigenvalue weighted by Gasteiger charge is 2.32. The van der Waals surface area contributed by atoms with Crippen molar-refractivity contribution in [3.8, 4) is 5.75 Å². The number of amides is 1. The summed E-state index contributed by atoms with van der Waals surface area (Å²) >= 11 is 0. The lowest BCUT2D eigenvalue weighted by atomic mass is 10.1. The lowest BCUT2D eigenvalue weighted by Crippen LogP contribution is -2.18. The number of pyridine rings is 1. The first kappa shape index (κ1) is 27.0. The van der Waals surface area contributed by atoms with Gasteiger partial charge in [0.15, 0.2) is 0 Å². The summed E-state index contributed by atoms with van der Waals surface area (Å²) in [5.74, 6) is -0.885. The Balaban J connectivity index is 1.44. The van der Waals surface area contributed by atoms with E-state index in [1.165, 1.54) is 41.8 Å². The van der Waals surface area contributed by atoms with Gasteiger partial charge in [-0.2, -0.15) is 13.2 Å². The number of anilines is 4. The van der Waals surface area contributed by atoms with Crippen LogP contribution in [0.5, 0.6) is 5.75 Å². The number of aromatic nitrogens is 3. The first-order valence-corrected chi connectivity index (χ1v) is 12.3. The van der Waals surface area contributed by atoms with Crippen LogP contribution in [0.4, 0.5) is 40.6 Å². The van der Waals surface area contributed by atoms with E-state index in [2.05, 4.69) is 20.3 Å². The minimum Gasteiger partial charge on any atom is -0.491 e. The molecule has 1 N–H and O–H groups in total. The van der Waals surface area contributed by atoms with Gasteiger partial charge in [0.05, 0.1) is 17.4 Å². The van der Waals surface area contributed by atoms with Crippen molar-refractivity contribution in [3.05, 3.63) is 96.3 Å². The van der Waals surface area contributed by atoms with Gasteiger partial charge < -0.3 is 14.8 Å². The van der Waals surface area contributed by atoms with Crippen LogP contribution < -0.4 is 15.0 Å². The number of carbonyl (C=O) groups is 1. The van der Waals surface area contributed by atoms with Crippen LogP contribution in [0.25, 0.3) is 0 Å². The molecule has 3 heterocycles. The first-order valence-electron chi connectivity index (χ1n) is 12.3. The van der Waals surface area contributed by atoms with E-state index in [9.17, 15) is 18.0 Å². The Kier molecular flexibility index (Phi) is 7.87. The summed E-state index contributed by atoms with van der Waals surface area (Å²) in [7, 11) is 0. The van der Waals surface area contributed by atoms with E-state index >= 15 is 4.39 Å². The number of benzene rings is 2. The summed E-state index contributed by atoms with van der Waals surface area (Å²) in [6.07, 6.45) is 0.996. The van der Waals surface area contributed by atoms with Crippen molar-refractivity contribution in [2.45, 2.75) is 25.1 Å². The maximum absolute atomic E-state index is 15.1. The van der Waals surface area contributed by atoms with E-state index < -0.39 is 23.5 Å². The monoisotopic (exact) mass is 553 g/mol. The van der Waals surface area contributed by atoms with Crippen molar-refractivity contribution < 1.29 is 31.8 Å². The SMILES string of the molecule is O=C(Nc1cc(OCC2CCCO2)cc(C(F)(F)F)c1)c1ccc(F)c(N(c2ccccn2)c2ccncn2)c1. The molecule has 2 aromatic heterocycles. The molecule has 0 bridgehead atoms. The third-order valence-corrected chi connectivity index (χ3v) is 6.07. The van der Waals surface area contributed by atoms with Crippen molar-refractivity contribution in [1.29, 1.82) is 0 Å². The van der Waals surface area contributed by atoms with Gasteiger partial charge in [0.1, 0.15) is 36.1 Å². The number of halogens is 4. The number of hydrogen-bond acceptors (Lipinski definition) is 7. The fourth-order valence-corrected chi connectivity index (χ4v) is 4.18. The predicted molar refractivity (Wildman–Crippen MR) is 138 cm³/mol. The minimum absolute atomic E-state index is 0.00868. The maximum atomic E-state index is 15.1. The first-order chi connectivity index (χ1) is 19.3. The molecule has 4 aromatic rings. The molecular formula is C28H23F4N5O3. The van der Waals surface area contributed by atoms with Gasteiger partial charge in [0.2, 0.25) is 0 Å². The standard InChI is InChI=1S/C28H23F4N5O3/c29-23-7-6-18(12-24(23)37(25-5-1-2-9-34-25)26-8-10-33-17-35-26)27(38)36-20-13-19(28(30,31)32)14-22(15-20)40-16-21-4-3-11-39-21/h1-2,5-10,12-15,17,21H,3-4,11,16H2,(H,36,38). The largest absolute Gasteiger partial charge is 0.491 e. The Hall–Kier alpha value is -4.58.